The van der Waals surface area contributed by atoms with E-state index in [1.54, 1.807) is 11.8 Å². The first kappa shape index (κ1) is 14.5. The van der Waals surface area contributed by atoms with Crippen molar-refractivity contribution in [2.24, 2.45) is 0 Å². The summed E-state index contributed by atoms with van der Waals surface area (Å²) in [6.45, 7) is 1.51. The summed E-state index contributed by atoms with van der Waals surface area (Å²) in [5.74, 6) is -0.736. The lowest BCUT2D eigenvalue weighted by Crippen LogP contribution is -2.16. The van der Waals surface area contributed by atoms with Crippen LogP contribution in [0.5, 0.6) is 0 Å². The van der Waals surface area contributed by atoms with E-state index in [0.717, 1.165) is 17.6 Å². The minimum absolute atomic E-state index is 0.225. The minimum Gasteiger partial charge on any atom is -0.481 e. The van der Waals surface area contributed by atoms with E-state index in [4.69, 9.17) is 5.11 Å². The first-order valence-corrected chi connectivity index (χ1v) is 7.40. The molecule has 1 rings (SSSR count). The predicted octanol–water partition coefficient (Wildman–Crippen LogP) is 3.13. The highest BCUT2D eigenvalue weighted by Gasteiger charge is 2.02. The zero-order valence-corrected chi connectivity index (χ0v) is 12.1. The third-order valence-electron chi connectivity index (χ3n) is 2.31. The molecular weight excluding hydrogens is 302 g/mol. The van der Waals surface area contributed by atoms with Crippen molar-refractivity contribution in [2.45, 2.75) is 24.3 Å². The molecule has 0 fully saturated rings. The molecule has 17 heavy (non-hydrogen) atoms. The second-order valence-electron chi connectivity index (χ2n) is 3.63. The highest BCUT2D eigenvalue weighted by molar-refractivity contribution is 9.10. The second kappa shape index (κ2) is 7.74. The normalized spacial score (nSPS) is 10.5. The zero-order chi connectivity index (χ0) is 12.7. The Morgan fingerprint density at radius 2 is 2.29 bits per heavy atom. The summed E-state index contributed by atoms with van der Waals surface area (Å²) in [4.78, 5) is 11.6. The number of rotatable bonds is 7. The molecule has 0 saturated heterocycles. The van der Waals surface area contributed by atoms with E-state index in [9.17, 15) is 4.79 Å². The average molecular weight is 318 g/mol. The van der Waals surface area contributed by atoms with Crippen molar-refractivity contribution in [3.05, 3.63) is 28.2 Å². The van der Waals surface area contributed by atoms with Gasteiger partial charge in [0.05, 0.1) is 0 Å². The van der Waals surface area contributed by atoms with E-state index in [2.05, 4.69) is 39.6 Å². The van der Waals surface area contributed by atoms with Gasteiger partial charge in [0, 0.05) is 22.3 Å². The summed E-state index contributed by atoms with van der Waals surface area (Å²) >= 11 is 5.16. The molecule has 94 valence electrons. The van der Waals surface area contributed by atoms with E-state index in [-0.39, 0.29) is 6.42 Å². The maximum absolute atomic E-state index is 10.3. The van der Waals surface area contributed by atoms with Gasteiger partial charge in [-0.05, 0) is 36.9 Å². The van der Waals surface area contributed by atoms with Gasteiger partial charge in [-0.3, -0.25) is 4.79 Å². The number of halogens is 1. The van der Waals surface area contributed by atoms with Gasteiger partial charge in [-0.15, -0.1) is 11.8 Å². The topological polar surface area (TPSA) is 49.3 Å². The van der Waals surface area contributed by atoms with E-state index < -0.39 is 5.97 Å². The van der Waals surface area contributed by atoms with Crippen LogP contribution in [0.3, 0.4) is 0 Å². The molecule has 1 aromatic rings. The average Bonchev–Trinajstić information content (AvgIpc) is 2.29. The van der Waals surface area contributed by atoms with Gasteiger partial charge < -0.3 is 10.4 Å². The largest absolute Gasteiger partial charge is 0.481 e. The van der Waals surface area contributed by atoms with Gasteiger partial charge in [0.2, 0.25) is 0 Å². The van der Waals surface area contributed by atoms with Crippen LogP contribution in [0.2, 0.25) is 0 Å². The van der Waals surface area contributed by atoms with E-state index >= 15 is 0 Å². The van der Waals surface area contributed by atoms with Crippen molar-refractivity contribution in [1.82, 2.24) is 5.32 Å². The molecule has 0 aliphatic carbocycles. The highest BCUT2D eigenvalue weighted by Crippen LogP contribution is 2.24. The quantitative estimate of drug-likeness (QED) is 0.599. The third-order valence-corrected chi connectivity index (χ3v) is 3.62. The predicted molar refractivity (Wildman–Crippen MR) is 74.5 cm³/mol. The molecule has 0 aromatic heterocycles. The zero-order valence-electron chi connectivity index (χ0n) is 9.70. The Morgan fingerprint density at radius 1 is 1.53 bits per heavy atom. The number of carboxylic acids is 1. The summed E-state index contributed by atoms with van der Waals surface area (Å²) in [5, 5.41) is 11.8. The van der Waals surface area contributed by atoms with Crippen LogP contribution in [0.15, 0.2) is 27.6 Å². The standard InChI is InChI=1S/C12H16BrNO2S/c1-17-11-7-10(13)5-4-9(11)8-14-6-2-3-12(15)16/h4-5,7,14H,2-3,6,8H2,1H3,(H,15,16). The summed E-state index contributed by atoms with van der Waals surface area (Å²) < 4.78 is 1.08. The molecule has 0 heterocycles. The van der Waals surface area contributed by atoms with Crippen LogP contribution < -0.4 is 5.32 Å². The molecule has 0 bridgehead atoms. The van der Waals surface area contributed by atoms with Crippen molar-refractivity contribution in [3.8, 4) is 0 Å². The molecule has 0 aliphatic rings. The Hall–Kier alpha value is -0.520. The monoisotopic (exact) mass is 317 g/mol. The summed E-state index contributed by atoms with van der Waals surface area (Å²) in [6.07, 6.45) is 2.94. The van der Waals surface area contributed by atoms with Crippen LogP contribution in [0.1, 0.15) is 18.4 Å². The highest BCUT2D eigenvalue weighted by atomic mass is 79.9. The maximum atomic E-state index is 10.3. The molecule has 1 aromatic carbocycles. The van der Waals surface area contributed by atoms with Gasteiger partial charge in [0.25, 0.3) is 0 Å². The molecule has 0 spiro atoms. The van der Waals surface area contributed by atoms with Crippen LogP contribution >= 0.6 is 27.7 Å². The molecule has 0 saturated carbocycles. The summed E-state index contributed by atoms with van der Waals surface area (Å²) in [7, 11) is 0. The van der Waals surface area contributed by atoms with Gasteiger partial charge in [-0.2, -0.15) is 0 Å². The van der Waals surface area contributed by atoms with Crippen molar-refractivity contribution < 1.29 is 9.90 Å². The number of aliphatic carboxylic acids is 1. The van der Waals surface area contributed by atoms with E-state index in [1.807, 2.05) is 6.07 Å². The van der Waals surface area contributed by atoms with Crippen molar-refractivity contribution >= 4 is 33.7 Å². The number of benzene rings is 1. The Morgan fingerprint density at radius 3 is 2.94 bits per heavy atom. The fourth-order valence-electron chi connectivity index (χ4n) is 1.45. The lowest BCUT2D eigenvalue weighted by Gasteiger charge is -2.09. The number of thioether (sulfide) groups is 1. The Kier molecular flexibility index (Phi) is 6.62. The number of carbonyl (C=O) groups is 1. The molecule has 0 aliphatic heterocycles. The SMILES string of the molecule is CSc1cc(Br)ccc1CNCCCC(=O)O. The number of hydrogen-bond donors (Lipinski definition) is 2. The molecular formula is C12H16BrNO2S. The lowest BCUT2D eigenvalue weighted by molar-refractivity contribution is -0.137. The molecule has 0 radical (unpaired) electrons. The smallest absolute Gasteiger partial charge is 0.303 e. The molecule has 0 atom stereocenters. The summed E-state index contributed by atoms with van der Waals surface area (Å²) in [5.41, 5.74) is 1.25. The minimum atomic E-state index is -0.736. The van der Waals surface area contributed by atoms with E-state index in [1.165, 1.54) is 10.5 Å². The molecule has 5 heteroatoms. The van der Waals surface area contributed by atoms with Gasteiger partial charge in [0.15, 0.2) is 0 Å². The van der Waals surface area contributed by atoms with Crippen molar-refractivity contribution in [3.63, 3.8) is 0 Å². The Bertz CT molecular complexity index is 385. The third kappa shape index (κ3) is 5.57. The van der Waals surface area contributed by atoms with Crippen LogP contribution in [0.25, 0.3) is 0 Å². The first-order chi connectivity index (χ1) is 8.13. The van der Waals surface area contributed by atoms with E-state index in [0.29, 0.717) is 6.42 Å². The van der Waals surface area contributed by atoms with Crippen molar-refractivity contribution in [2.75, 3.05) is 12.8 Å². The number of hydrogen-bond acceptors (Lipinski definition) is 3. The van der Waals surface area contributed by atoms with Crippen LogP contribution in [0, 0.1) is 0 Å². The van der Waals surface area contributed by atoms with Crippen LogP contribution in [0.4, 0.5) is 0 Å². The number of carboxylic acid groups (broad SMARTS) is 1. The second-order valence-corrected chi connectivity index (χ2v) is 5.39. The summed E-state index contributed by atoms with van der Waals surface area (Å²) in [6, 6.07) is 6.20. The van der Waals surface area contributed by atoms with Gasteiger partial charge in [-0.25, -0.2) is 0 Å². The fourth-order valence-corrected chi connectivity index (χ4v) is 2.61. The van der Waals surface area contributed by atoms with Crippen LogP contribution in [-0.4, -0.2) is 23.9 Å². The van der Waals surface area contributed by atoms with Gasteiger partial charge in [-0.1, -0.05) is 22.0 Å². The van der Waals surface area contributed by atoms with Gasteiger partial charge >= 0.3 is 5.97 Å². The van der Waals surface area contributed by atoms with Crippen molar-refractivity contribution in [1.29, 1.82) is 0 Å². The fraction of sp³-hybridized carbons (Fsp3) is 0.417. The molecule has 2 N–H and O–H groups in total. The Balaban J connectivity index is 2.38. The maximum Gasteiger partial charge on any atom is 0.303 e. The molecule has 0 amide bonds. The lowest BCUT2D eigenvalue weighted by atomic mass is 10.2. The Labute approximate surface area is 114 Å². The van der Waals surface area contributed by atoms with Crippen LogP contribution in [-0.2, 0) is 11.3 Å². The number of nitrogens with one attached hydrogen (secondary N) is 1. The molecule has 3 nitrogen and oxygen atoms in total. The van der Waals surface area contributed by atoms with Gasteiger partial charge in [0.1, 0.15) is 0 Å². The molecule has 0 unspecified atom stereocenters. The first-order valence-electron chi connectivity index (χ1n) is 5.38.